The van der Waals surface area contributed by atoms with Gasteiger partial charge in [-0.3, -0.25) is 0 Å². The molecule has 2 N–H and O–H groups in total. The van der Waals surface area contributed by atoms with Crippen LogP contribution in [0.1, 0.15) is 29.7 Å². The van der Waals surface area contributed by atoms with Crippen molar-refractivity contribution in [1.29, 1.82) is 0 Å². The van der Waals surface area contributed by atoms with E-state index < -0.39 is 0 Å². The lowest BCUT2D eigenvalue weighted by Gasteiger charge is -2.16. The lowest BCUT2D eigenvalue weighted by molar-refractivity contribution is 0.393. The molecule has 0 saturated heterocycles. The minimum atomic E-state index is -0.189. The van der Waals surface area contributed by atoms with Crippen molar-refractivity contribution >= 4 is 0 Å². The molecule has 1 atom stereocenters. The van der Waals surface area contributed by atoms with Crippen LogP contribution in [-0.4, -0.2) is 14.2 Å². The monoisotopic (exact) mass is 271 g/mol. The second-order valence-electron chi connectivity index (χ2n) is 4.72. The topological polar surface area (TPSA) is 44.5 Å². The van der Waals surface area contributed by atoms with Gasteiger partial charge in [0.25, 0.3) is 0 Å². The van der Waals surface area contributed by atoms with Gasteiger partial charge in [0.05, 0.1) is 20.3 Å². The molecule has 0 amide bonds. The van der Waals surface area contributed by atoms with Gasteiger partial charge in [0.2, 0.25) is 0 Å². The summed E-state index contributed by atoms with van der Waals surface area (Å²) in [6.07, 6.45) is 1.00. The average molecular weight is 271 g/mol. The fourth-order valence-corrected chi connectivity index (χ4v) is 2.21. The van der Waals surface area contributed by atoms with Crippen molar-refractivity contribution < 1.29 is 9.47 Å². The molecule has 2 aromatic carbocycles. The first-order valence-electron chi connectivity index (χ1n) is 6.75. The Morgan fingerprint density at radius 1 is 0.950 bits per heavy atom. The number of hydrogen-bond donors (Lipinski definition) is 1. The van der Waals surface area contributed by atoms with E-state index in [1.54, 1.807) is 14.2 Å². The predicted molar refractivity (Wildman–Crippen MR) is 81.4 cm³/mol. The first-order chi connectivity index (χ1) is 9.67. The first-order valence-corrected chi connectivity index (χ1v) is 6.75. The van der Waals surface area contributed by atoms with Crippen LogP contribution in [0.3, 0.4) is 0 Å². The van der Waals surface area contributed by atoms with E-state index >= 15 is 0 Å². The van der Waals surface area contributed by atoms with Crippen LogP contribution in [0.5, 0.6) is 11.5 Å². The summed E-state index contributed by atoms with van der Waals surface area (Å²) in [5.41, 5.74) is 9.74. The van der Waals surface area contributed by atoms with Gasteiger partial charge in [-0.2, -0.15) is 0 Å². The molecule has 2 rings (SSSR count). The van der Waals surface area contributed by atoms with Crippen molar-refractivity contribution in [3.8, 4) is 11.5 Å². The molecule has 0 aliphatic rings. The molecule has 2 aromatic rings. The van der Waals surface area contributed by atoms with Gasteiger partial charge in [-0.15, -0.1) is 0 Å². The molecule has 0 bridgehead atoms. The SMILES string of the molecule is CCc1cccc(C(N)c2cc(OC)cc(OC)c2)c1. The minimum absolute atomic E-state index is 0.189. The van der Waals surface area contributed by atoms with E-state index in [9.17, 15) is 0 Å². The number of aryl methyl sites for hydroxylation is 1. The Hall–Kier alpha value is -2.00. The standard InChI is InChI=1S/C17H21NO2/c1-4-12-6-5-7-13(8-12)17(18)14-9-15(19-2)11-16(10-14)20-3/h5-11,17H,4,18H2,1-3H3. The molecule has 0 spiro atoms. The van der Waals surface area contributed by atoms with Crippen LogP contribution in [0.2, 0.25) is 0 Å². The highest BCUT2D eigenvalue weighted by Gasteiger charge is 2.12. The normalized spacial score (nSPS) is 12.0. The number of methoxy groups -OCH3 is 2. The molecule has 0 fully saturated rings. The summed E-state index contributed by atoms with van der Waals surface area (Å²) in [7, 11) is 3.28. The van der Waals surface area contributed by atoms with Crippen LogP contribution in [0, 0.1) is 0 Å². The van der Waals surface area contributed by atoms with Gasteiger partial charge in [0.15, 0.2) is 0 Å². The molecule has 20 heavy (non-hydrogen) atoms. The number of benzene rings is 2. The van der Waals surface area contributed by atoms with E-state index in [4.69, 9.17) is 15.2 Å². The van der Waals surface area contributed by atoms with Crippen LogP contribution in [-0.2, 0) is 6.42 Å². The third-order valence-electron chi connectivity index (χ3n) is 3.45. The Morgan fingerprint density at radius 2 is 1.60 bits per heavy atom. The molecule has 0 radical (unpaired) electrons. The summed E-state index contributed by atoms with van der Waals surface area (Å²) in [5.74, 6) is 1.50. The lowest BCUT2D eigenvalue weighted by atomic mass is 9.97. The summed E-state index contributed by atoms with van der Waals surface area (Å²) >= 11 is 0. The zero-order valence-corrected chi connectivity index (χ0v) is 12.2. The predicted octanol–water partition coefficient (Wildman–Crippen LogP) is 3.31. The minimum Gasteiger partial charge on any atom is -0.497 e. The Balaban J connectivity index is 2.38. The van der Waals surface area contributed by atoms with E-state index in [1.807, 2.05) is 24.3 Å². The Labute approximate surface area is 120 Å². The average Bonchev–Trinajstić information content (AvgIpc) is 2.53. The van der Waals surface area contributed by atoms with Crippen LogP contribution in [0.25, 0.3) is 0 Å². The molecule has 0 aromatic heterocycles. The van der Waals surface area contributed by atoms with Gasteiger partial charge >= 0.3 is 0 Å². The maximum atomic E-state index is 6.38. The van der Waals surface area contributed by atoms with Crippen molar-refractivity contribution in [2.24, 2.45) is 5.73 Å². The molecular weight excluding hydrogens is 250 g/mol. The molecule has 0 aliphatic carbocycles. The highest BCUT2D eigenvalue weighted by molar-refractivity contribution is 5.43. The zero-order chi connectivity index (χ0) is 14.5. The van der Waals surface area contributed by atoms with Crippen LogP contribution in [0.4, 0.5) is 0 Å². The van der Waals surface area contributed by atoms with E-state index in [2.05, 4.69) is 25.1 Å². The molecule has 0 aliphatic heterocycles. The molecular formula is C17H21NO2. The molecule has 3 heteroatoms. The quantitative estimate of drug-likeness (QED) is 0.907. The molecule has 1 unspecified atom stereocenters. The van der Waals surface area contributed by atoms with Crippen molar-refractivity contribution in [2.45, 2.75) is 19.4 Å². The van der Waals surface area contributed by atoms with E-state index in [0.29, 0.717) is 0 Å². The van der Waals surface area contributed by atoms with Gasteiger partial charge in [0.1, 0.15) is 11.5 Å². The Kier molecular flexibility index (Phi) is 4.64. The summed E-state index contributed by atoms with van der Waals surface area (Å²) in [6.45, 7) is 2.14. The molecule has 3 nitrogen and oxygen atoms in total. The van der Waals surface area contributed by atoms with Gasteiger partial charge < -0.3 is 15.2 Å². The molecule has 106 valence electrons. The summed E-state index contributed by atoms with van der Waals surface area (Å²) in [4.78, 5) is 0. The van der Waals surface area contributed by atoms with Gasteiger partial charge in [-0.05, 0) is 35.2 Å². The summed E-state index contributed by atoms with van der Waals surface area (Å²) < 4.78 is 10.6. The van der Waals surface area contributed by atoms with Crippen LogP contribution >= 0.6 is 0 Å². The third-order valence-corrected chi connectivity index (χ3v) is 3.45. The van der Waals surface area contributed by atoms with Crippen molar-refractivity contribution in [3.63, 3.8) is 0 Å². The fraction of sp³-hybridized carbons (Fsp3) is 0.294. The first kappa shape index (κ1) is 14.4. The molecule has 0 saturated carbocycles. The largest absolute Gasteiger partial charge is 0.497 e. The Morgan fingerprint density at radius 3 is 2.15 bits per heavy atom. The zero-order valence-electron chi connectivity index (χ0n) is 12.2. The maximum Gasteiger partial charge on any atom is 0.122 e. The van der Waals surface area contributed by atoms with E-state index in [1.165, 1.54) is 5.56 Å². The number of ether oxygens (including phenoxy) is 2. The maximum absolute atomic E-state index is 6.38. The van der Waals surface area contributed by atoms with Gasteiger partial charge in [-0.25, -0.2) is 0 Å². The van der Waals surface area contributed by atoms with Crippen molar-refractivity contribution in [2.75, 3.05) is 14.2 Å². The second kappa shape index (κ2) is 6.44. The number of hydrogen-bond acceptors (Lipinski definition) is 3. The second-order valence-corrected chi connectivity index (χ2v) is 4.72. The van der Waals surface area contributed by atoms with Gasteiger partial charge in [-0.1, -0.05) is 31.2 Å². The smallest absolute Gasteiger partial charge is 0.122 e. The fourth-order valence-electron chi connectivity index (χ4n) is 2.21. The summed E-state index contributed by atoms with van der Waals surface area (Å²) in [6, 6.07) is 13.9. The highest BCUT2D eigenvalue weighted by Crippen LogP contribution is 2.28. The third kappa shape index (κ3) is 3.11. The summed E-state index contributed by atoms with van der Waals surface area (Å²) in [5, 5.41) is 0. The Bertz CT molecular complexity index is 559. The number of rotatable bonds is 5. The lowest BCUT2D eigenvalue weighted by Crippen LogP contribution is -2.12. The van der Waals surface area contributed by atoms with E-state index in [-0.39, 0.29) is 6.04 Å². The highest BCUT2D eigenvalue weighted by atomic mass is 16.5. The van der Waals surface area contributed by atoms with Crippen LogP contribution in [0.15, 0.2) is 42.5 Å². The van der Waals surface area contributed by atoms with Crippen molar-refractivity contribution in [1.82, 2.24) is 0 Å². The number of nitrogens with two attached hydrogens (primary N) is 1. The molecule has 0 heterocycles. The van der Waals surface area contributed by atoms with Gasteiger partial charge in [0, 0.05) is 6.07 Å². The van der Waals surface area contributed by atoms with Crippen LogP contribution < -0.4 is 15.2 Å². The van der Waals surface area contributed by atoms with E-state index in [0.717, 1.165) is 29.0 Å². The van der Waals surface area contributed by atoms with Crippen molar-refractivity contribution in [3.05, 3.63) is 59.2 Å².